The molecule has 0 spiro atoms. The SMILES string of the molecule is COc1cc(NC(C)C2CCCC2)cc(OC)c1. The Morgan fingerprint density at radius 2 is 1.61 bits per heavy atom. The molecule has 0 aliphatic heterocycles. The minimum Gasteiger partial charge on any atom is -0.497 e. The topological polar surface area (TPSA) is 30.5 Å². The molecule has 1 aliphatic carbocycles. The molecular weight excluding hydrogens is 226 g/mol. The van der Waals surface area contributed by atoms with Gasteiger partial charge in [0.25, 0.3) is 0 Å². The van der Waals surface area contributed by atoms with E-state index in [4.69, 9.17) is 9.47 Å². The molecule has 3 heteroatoms. The molecule has 0 heterocycles. The van der Waals surface area contributed by atoms with E-state index in [9.17, 15) is 0 Å². The van der Waals surface area contributed by atoms with Gasteiger partial charge in [-0.1, -0.05) is 12.8 Å². The molecule has 100 valence electrons. The maximum absolute atomic E-state index is 5.28. The first-order chi connectivity index (χ1) is 8.72. The van der Waals surface area contributed by atoms with Crippen LogP contribution in [0.4, 0.5) is 5.69 Å². The second kappa shape index (κ2) is 5.98. The fourth-order valence-corrected chi connectivity index (χ4v) is 2.73. The molecule has 1 aromatic rings. The Balaban J connectivity index is 2.07. The Morgan fingerprint density at radius 1 is 1.06 bits per heavy atom. The molecule has 3 nitrogen and oxygen atoms in total. The van der Waals surface area contributed by atoms with Gasteiger partial charge in [0.1, 0.15) is 11.5 Å². The van der Waals surface area contributed by atoms with Crippen molar-refractivity contribution in [3.63, 3.8) is 0 Å². The second-order valence-electron chi connectivity index (χ2n) is 5.08. The predicted molar refractivity (Wildman–Crippen MR) is 74.6 cm³/mol. The number of benzene rings is 1. The number of methoxy groups -OCH3 is 2. The van der Waals surface area contributed by atoms with Crippen LogP contribution >= 0.6 is 0 Å². The van der Waals surface area contributed by atoms with Gasteiger partial charge in [-0.2, -0.15) is 0 Å². The molecule has 1 unspecified atom stereocenters. The number of hydrogen-bond donors (Lipinski definition) is 1. The van der Waals surface area contributed by atoms with Crippen molar-refractivity contribution in [1.82, 2.24) is 0 Å². The summed E-state index contributed by atoms with van der Waals surface area (Å²) in [7, 11) is 3.36. The lowest BCUT2D eigenvalue weighted by atomic mass is 9.99. The molecule has 0 amide bonds. The number of hydrogen-bond acceptors (Lipinski definition) is 3. The first kappa shape index (κ1) is 13.1. The van der Waals surface area contributed by atoms with E-state index in [-0.39, 0.29) is 0 Å². The first-order valence-electron chi connectivity index (χ1n) is 6.72. The second-order valence-corrected chi connectivity index (χ2v) is 5.08. The van der Waals surface area contributed by atoms with Gasteiger partial charge in [0, 0.05) is 29.9 Å². The highest BCUT2D eigenvalue weighted by atomic mass is 16.5. The Kier molecular flexibility index (Phi) is 4.34. The highest BCUT2D eigenvalue weighted by Crippen LogP contribution is 2.31. The van der Waals surface area contributed by atoms with Crippen LogP contribution in [0.2, 0.25) is 0 Å². The van der Waals surface area contributed by atoms with Crippen LogP contribution < -0.4 is 14.8 Å². The quantitative estimate of drug-likeness (QED) is 0.863. The van der Waals surface area contributed by atoms with Gasteiger partial charge in [0.2, 0.25) is 0 Å². The van der Waals surface area contributed by atoms with Crippen LogP contribution in [0.3, 0.4) is 0 Å². The van der Waals surface area contributed by atoms with Crippen molar-refractivity contribution in [1.29, 1.82) is 0 Å². The Labute approximate surface area is 109 Å². The van der Waals surface area contributed by atoms with Gasteiger partial charge in [0.05, 0.1) is 14.2 Å². The van der Waals surface area contributed by atoms with Crippen LogP contribution in [0.15, 0.2) is 18.2 Å². The summed E-state index contributed by atoms with van der Waals surface area (Å²) in [6.07, 6.45) is 5.43. The normalized spacial score (nSPS) is 17.5. The predicted octanol–water partition coefficient (Wildman–Crippen LogP) is 3.69. The zero-order chi connectivity index (χ0) is 13.0. The van der Waals surface area contributed by atoms with Crippen LogP contribution in [-0.4, -0.2) is 20.3 Å². The molecule has 2 rings (SSSR count). The van der Waals surface area contributed by atoms with Crippen molar-refractivity contribution in [2.45, 2.75) is 38.6 Å². The van der Waals surface area contributed by atoms with Crippen molar-refractivity contribution in [3.8, 4) is 11.5 Å². The smallest absolute Gasteiger partial charge is 0.124 e. The summed E-state index contributed by atoms with van der Waals surface area (Å²) >= 11 is 0. The Bertz CT molecular complexity index is 364. The molecule has 0 bridgehead atoms. The maximum atomic E-state index is 5.28. The third kappa shape index (κ3) is 3.09. The highest BCUT2D eigenvalue weighted by Gasteiger charge is 2.21. The molecule has 18 heavy (non-hydrogen) atoms. The lowest BCUT2D eigenvalue weighted by Gasteiger charge is -2.22. The van der Waals surface area contributed by atoms with E-state index in [1.807, 2.05) is 18.2 Å². The molecule has 0 radical (unpaired) electrons. The molecule has 1 N–H and O–H groups in total. The van der Waals surface area contributed by atoms with Crippen molar-refractivity contribution in [3.05, 3.63) is 18.2 Å². The summed E-state index contributed by atoms with van der Waals surface area (Å²) < 4.78 is 10.6. The Morgan fingerprint density at radius 3 is 2.11 bits per heavy atom. The zero-order valence-corrected chi connectivity index (χ0v) is 11.5. The van der Waals surface area contributed by atoms with Crippen LogP contribution in [0.1, 0.15) is 32.6 Å². The number of nitrogens with one attached hydrogen (secondary N) is 1. The van der Waals surface area contributed by atoms with Crippen molar-refractivity contribution in [2.75, 3.05) is 19.5 Å². The Hall–Kier alpha value is -1.38. The number of rotatable bonds is 5. The summed E-state index contributed by atoms with van der Waals surface area (Å²) in [6.45, 7) is 2.27. The van der Waals surface area contributed by atoms with Gasteiger partial charge >= 0.3 is 0 Å². The molecule has 1 aromatic carbocycles. The fraction of sp³-hybridized carbons (Fsp3) is 0.600. The van der Waals surface area contributed by atoms with E-state index >= 15 is 0 Å². The van der Waals surface area contributed by atoms with Gasteiger partial charge in [-0.15, -0.1) is 0 Å². The van der Waals surface area contributed by atoms with Gasteiger partial charge in [0.15, 0.2) is 0 Å². The molecule has 1 fully saturated rings. The minimum absolute atomic E-state index is 0.504. The van der Waals surface area contributed by atoms with E-state index in [1.54, 1.807) is 14.2 Å². The summed E-state index contributed by atoms with van der Waals surface area (Å²) in [5.41, 5.74) is 1.07. The lowest BCUT2D eigenvalue weighted by Crippen LogP contribution is -2.23. The highest BCUT2D eigenvalue weighted by molar-refractivity contribution is 5.54. The van der Waals surface area contributed by atoms with E-state index < -0.39 is 0 Å². The summed E-state index contributed by atoms with van der Waals surface area (Å²) in [4.78, 5) is 0. The number of anilines is 1. The monoisotopic (exact) mass is 249 g/mol. The number of ether oxygens (including phenoxy) is 2. The van der Waals surface area contributed by atoms with Crippen molar-refractivity contribution in [2.24, 2.45) is 5.92 Å². The average molecular weight is 249 g/mol. The van der Waals surface area contributed by atoms with E-state index in [0.29, 0.717) is 6.04 Å². The minimum atomic E-state index is 0.504. The van der Waals surface area contributed by atoms with Gasteiger partial charge in [-0.25, -0.2) is 0 Å². The summed E-state index contributed by atoms with van der Waals surface area (Å²) in [5, 5.41) is 3.57. The molecular formula is C15H23NO2. The zero-order valence-electron chi connectivity index (χ0n) is 11.5. The molecule has 1 atom stereocenters. The maximum Gasteiger partial charge on any atom is 0.124 e. The third-order valence-electron chi connectivity index (χ3n) is 3.85. The largest absolute Gasteiger partial charge is 0.497 e. The third-order valence-corrected chi connectivity index (χ3v) is 3.85. The molecule has 1 saturated carbocycles. The standard InChI is InChI=1S/C15H23NO2/c1-11(12-6-4-5-7-12)16-13-8-14(17-2)10-15(9-13)18-3/h8-12,16H,4-7H2,1-3H3. The molecule has 0 aromatic heterocycles. The van der Waals surface area contributed by atoms with E-state index in [2.05, 4.69) is 12.2 Å². The van der Waals surface area contributed by atoms with Gasteiger partial charge in [-0.3, -0.25) is 0 Å². The lowest BCUT2D eigenvalue weighted by molar-refractivity contribution is 0.394. The summed E-state index contributed by atoms with van der Waals surface area (Å²) in [5.74, 6) is 2.45. The van der Waals surface area contributed by atoms with Crippen LogP contribution in [0.25, 0.3) is 0 Å². The molecule has 0 saturated heterocycles. The van der Waals surface area contributed by atoms with E-state index in [0.717, 1.165) is 23.1 Å². The van der Waals surface area contributed by atoms with E-state index in [1.165, 1.54) is 25.7 Å². The average Bonchev–Trinajstić information content (AvgIpc) is 2.92. The van der Waals surface area contributed by atoms with Crippen LogP contribution in [0, 0.1) is 5.92 Å². The van der Waals surface area contributed by atoms with Crippen LogP contribution in [0.5, 0.6) is 11.5 Å². The van der Waals surface area contributed by atoms with Crippen molar-refractivity contribution >= 4 is 5.69 Å². The van der Waals surface area contributed by atoms with Gasteiger partial charge in [-0.05, 0) is 25.7 Å². The first-order valence-corrected chi connectivity index (χ1v) is 6.72. The van der Waals surface area contributed by atoms with Crippen LogP contribution in [-0.2, 0) is 0 Å². The fourth-order valence-electron chi connectivity index (χ4n) is 2.73. The van der Waals surface area contributed by atoms with Gasteiger partial charge < -0.3 is 14.8 Å². The summed E-state index contributed by atoms with van der Waals surface area (Å²) in [6, 6.07) is 6.44. The molecule has 1 aliphatic rings. The van der Waals surface area contributed by atoms with Crippen molar-refractivity contribution < 1.29 is 9.47 Å².